The molecule has 8 nitrogen and oxygen atoms in total. The first-order chi connectivity index (χ1) is 14.4. The quantitative estimate of drug-likeness (QED) is 0.719. The summed E-state index contributed by atoms with van der Waals surface area (Å²) in [4.78, 5) is 18.7. The van der Waals surface area contributed by atoms with E-state index in [2.05, 4.69) is 41.3 Å². The van der Waals surface area contributed by atoms with Crippen LogP contribution in [0.15, 0.2) is 30.5 Å². The van der Waals surface area contributed by atoms with E-state index < -0.39 is 0 Å². The van der Waals surface area contributed by atoms with E-state index in [1.54, 1.807) is 18.1 Å². The molecule has 2 amide bonds. The zero-order valence-corrected chi connectivity index (χ0v) is 18.5. The maximum atomic E-state index is 13.1. The van der Waals surface area contributed by atoms with Gasteiger partial charge in [-0.2, -0.15) is 15.0 Å². The Morgan fingerprint density at radius 2 is 1.90 bits per heavy atom. The molecular formula is C22H34N6O2. The number of carbonyl (C=O) groups is 1. The van der Waals surface area contributed by atoms with Crippen LogP contribution in [-0.2, 0) is 20.1 Å². The fourth-order valence-corrected chi connectivity index (χ4v) is 3.45. The van der Waals surface area contributed by atoms with Gasteiger partial charge in [0.1, 0.15) is 11.4 Å². The highest BCUT2D eigenvalue weighted by molar-refractivity contribution is 5.74. The molecule has 2 aromatic rings. The Morgan fingerprint density at radius 1 is 1.20 bits per heavy atom. The number of rotatable bonds is 8. The summed E-state index contributed by atoms with van der Waals surface area (Å²) in [5, 5.41) is 11.7. The summed E-state index contributed by atoms with van der Waals surface area (Å²) < 4.78 is 5.76. The lowest BCUT2D eigenvalue weighted by atomic mass is 10.1. The number of aryl methyl sites for hydroxylation is 1. The molecule has 0 spiro atoms. The summed E-state index contributed by atoms with van der Waals surface area (Å²) in [6.45, 7) is 7.87. The Balaban J connectivity index is 1.65. The Kier molecular flexibility index (Phi) is 7.68. The third kappa shape index (κ3) is 6.73. The number of nitrogens with one attached hydrogen (secondary N) is 1. The minimum Gasteiger partial charge on any atom is -0.493 e. The Labute approximate surface area is 179 Å². The predicted molar refractivity (Wildman–Crippen MR) is 116 cm³/mol. The van der Waals surface area contributed by atoms with E-state index in [0.29, 0.717) is 25.6 Å². The minimum atomic E-state index is -0.0599. The van der Waals surface area contributed by atoms with Crippen molar-refractivity contribution in [1.82, 2.24) is 30.1 Å². The monoisotopic (exact) mass is 414 g/mol. The molecular weight excluding hydrogens is 380 g/mol. The second-order valence-corrected chi connectivity index (χ2v) is 8.56. The summed E-state index contributed by atoms with van der Waals surface area (Å²) >= 11 is 0. The topological polar surface area (TPSA) is 75.5 Å². The van der Waals surface area contributed by atoms with Crippen molar-refractivity contribution in [3.05, 3.63) is 41.7 Å². The van der Waals surface area contributed by atoms with Gasteiger partial charge in [0.15, 0.2) is 0 Å². The summed E-state index contributed by atoms with van der Waals surface area (Å²) in [5.41, 5.74) is 1.82. The largest absolute Gasteiger partial charge is 0.493 e. The van der Waals surface area contributed by atoms with Crippen molar-refractivity contribution in [2.45, 2.75) is 45.8 Å². The van der Waals surface area contributed by atoms with Crippen LogP contribution in [0.4, 0.5) is 4.79 Å². The number of nitrogens with zero attached hydrogens (tertiary/aromatic N) is 5. The van der Waals surface area contributed by atoms with Crippen LogP contribution in [0, 0.1) is 5.92 Å². The summed E-state index contributed by atoms with van der Waals surface area (Å²) in [6.07, 6.45) is 3.66. The number of hydrogen-bond acceptors (Lipinski definition) is 5. The molecule has 0 bridgehead atoms. The lowest BCUT2D eigenvalue weighted by Gasteiger charge is -2.31. The highest BCUT2D eigenvalue weighted by Gasteiger charge is 2.22. The summed E-state index contributed by atoms with van der Waals surface area (Å²) in [6, 6.07) is 8.12. The number of carbonyl (C=O) groups excluding carboxylic acids is 1. The van der Waals surface area contributed by atoms with Crippen LogP contribution < -0.4 is 10.1 Å². The van der Waals surface area contributed by atoms with Gasteiger partial charge in [0.25, 0.3) is 0 Å². The Morgan fingerprint density at radius 3 is 2.50 bits per heavy atom. The van der Waals surface area contributed by atoms with E-state index in [1.807, 2.05) is 24.3 Å². The molecule has 1 aliphatic heterocycles. The second kappa shape index (κ2) is 10.4. The average molecular weight is 415 g/mol. The third-order valence-corrected chi connectivity index (χ3v) is 5.21. The number of aromatic nitrogens is 3. The molecule has 0 unspecified atom stereocenters. The average Bonchev–Trinajstić information content (AvgIpc) is 3.13. The molecule has 0 aliphatic carbocycles. The first-order valence-electron chi connectivity index (χ1n) is 10.7. The van der Waals surface area contributed by atoms with Crippen LogP contribution in [-0.4, -0.2) is 63.6 Å². The smallest absolute Gasteiger partial charge is 0.318 e. The van der Waals surface area contributed by atoms with E-state index in [0.717, 1.165) is 42.9 Å². The van der Waals surface area contributed by atoms with Crippen LogP contribution in [0.1, 0.15) is 37.9 Å². The molecule has 1 aliphatic rings. The van der Waals surface area contributed by atoms with Crippen LogP contribution in [0.25, 0.3) is 0 Å². The van der Waals surface area contributed by atoms with Gasteiger partial charge in [0.2, 0.25) is 0 Å². The Bertz CT molecular complexity index is 796. The SMILES string of the molecule is CC(C)COc1ccc(CN(Cc2cnn(C)n2)C(=O)NC2CCN(C)CC2)cc1. The summed E-state index contributed by atoms with van der Waals surface area (Å²) in [7, 11) is 3.90. The normalized spacial score (nSPS) is 15.4. The molecule has 0 radical (unpaired) electrons. The van der Waals surface area contributed by atoms with Crippen molar-refractivity contribution in [2.75, 3.05) is 26.7 Å². The molecule has 0 saturated carbocycles. The predicted octanol–water partition coefficient (Wildman–Crippen LogP) is 2.66. The fourth-order valence-electron chi connectivity index (χ4n) is 3.45. The van der Waals surface area contributed by atoms with Gasteiger partial charge in [-0.3, -0.25) is 0 Å². The number of benzene rings is 1. The van der Waals surface area contributed by atoms with Crippen molar-refractivity contribution >= 4 is 6.03 Å². The van der Waals surface area contributed by atoms with E-state index in [1.165, 1.54) is 4.80 Å². The van der Waals surface area contributed by atoms with Crippen LogP contribution >= 0.6 is 0 Å². The molecule has 1 aromatic heterocycles. The van der Waals surface area contributed by atoms with E-state index in [9.17, 15) is 4.79 Å². The molecule has 164 valence electrons. The maximum Gasteiger partial charge on any atom is 0.318 e. The van der Waals surface area contributed by atoms with Crippen molar-refractivity contribution in [3.8, 4) is 5.75 Å². The number of piperidine rings is 1. The number of ether oxygens (including phenoxy) is 1. The zero-order chi connectivity index (χ0) is 21.5. The number of hydrogen-bond donors (Lipinski definition) is 1. The summed E-state index contributed by atoms with van der Waals surface area (Å²) in [5.74, 6) is 1.33. The molecule has 3 rings (SSSR count). The van der Waals surface area contributed by atoms with Gasteiger partial charge in [-0.15, -0.1) is 0 Å². The molecule has 30 heavy (non-hydrogen) atoms. The highest BCUT2D eigenvalue weighted by Crippen LogP contribution is 2.16. The van der Waals surface area contributed by atoms with Crippen LogP contribution in [0.3, 0.4) is 0 Å². The maximum absolute atomic E-state index is 13.1. The van der Waals surface area contributed by atoms with Gasteiger partial charge in [0, 0.05) is 19.6 Å². The number of amides is 2. The molecule has 0 atom stereocenters. The van der Waals surface area contributed by atoms with Crippen LogP contribution in [0.5, 0.6) is 5.75 Å². The minimum absolute atomic E-state index is 0.0599. The molecule has 1 saturated heterocycles. The van der Waals surface area contributed by atoms with E-state index in [-0.39, 0.29) is 12.1 Å². The van der Waals surface area contributed by atoms with Gasteiger partial charge in [0.05, 0.1) is 19.3 Å². The van der Waals surface area contributed by atoms with Crippen molar-refractivity contribution in [3.63, 3.8) is 0 Å². The van der Waals surface area contributed by atoms with Gasteiger partial charge in [-0.25, -0.2) is 4.79 Å². The highest BCUT2D eigenvalue weighted by atomic mass is 16.5. The number of urea groups is 1. The molecule has 1 aromatic carbocycles. The van der Waals surface area contributed by atoms with Crippen molar-refractivity contribution in [2.24, 2.45) is 13.0 Å². The first kappa shape index (κ1) is 22.1. The van der Waals surface area contributed by atoms with Crippen LogP contribution in [0.2, 0.25) is 0 Å². The van der Waals surface area contributed by atoms with E-state index in [4.69, 9.17) is 4.74 Å². The van der Waals surface area contributed by atoms with E-state index >= 15 is 0 Å². The first-order valence-corrected chi connectivity index (χ1v) is 10.7. The standard InChI is InChI=1S/C22H34N6O2/c1-17(2)16-30-21-7-5-18(6-8-21)14-28(15-20-13-23-27(4)25-20)22(29)24-19-9-11-26(3)12-10-19/h5-8,13,17,19H,9-12,14-16H2,1-4H3,(H,24,29). The lowest BCUT2D eigenvalue weighted by molar-refractivity contribution is 0.175. The third-order valence-electron chi connectivity index (χ3n) is 5.21. The molecule has 8 heteroatoms. The molecule has 1 N–H and O–H groups in total. The van der Waals surface area contributed by atoms with Gasteiger partial charge in [-0.1, -0.05) is 26.0 Å². The molecule has 1 fully saturated rings. The zero-order valence-electron chi connectivity index (χ0n) is 18.5. The van der Waals surface area contributed by atoms with Crippen molar-refractivity contribution in [1.29, 1.82) is 0 Å². The fraction of sp³-hybridized carbons (Fsp3) is 0.591. The van der Waals surface area contributed by atoms with Gasteiger partial charge in [-0.05, 0) is 56.6 Å². The number of likely N-dealkylation sites (tertiary alicyclic amines) is 1. The van der Waals surface area contributed by atoms with Crippen molar-refractivity contribution < 1.29 is 9.53 Å². The Hall–Kier alpha value is -2.61. The lowest BCUT2D eigenvalue weighted by Crippen LogP contribution is -2.48. The molecule has 2 heterocycles. The van der Waals surface area contributed by atoms with Gasteiger partial charge < -0.3 is 19.9 Å². The second-order valence-electron chi connectivity index (χ2n) is 8.56. The van der Waals surface area contributed by atoms with Gasteiger partial charge >= 0.3 is 6.03 Å².